The fourth-order valence-electron chi connectivity index (χ4n) is 3.95. The number of rotatable bonds is 3. The Balaban J connectivity index is 1.70. The topological polar surface area (TPSA) is 94.1 Å². The first-order valence-electron chi connectivity index (χ1n) is 10.3. The van der Waals surface area contributed by atoms with Crippen molar-refractivity contribution >= 4 is 17.0 Å². The predicted molar refractivity (Wildman–Crippen MR) is 108 cm³/mol. The van der Waals surface area contributed by atoms with Crippen molar-refractivity contribution in [3.63, 3.8) is 0 Å². The molecule has 0 bridgehead atoms. The van der Waals surface area contributed by atoms with Gasteiger partial charge in [0.05, 0.1) is 16.6 Å². The van der Waals surface area contributed by atoms with Gasteiger partial charge in [-0.3, -0.25) is 9.59 Å². The van der Waals surface area contributed by atoms with Gasteiger partial charge in [0.1, 0.15) is 5.69 Å². The van der Waals surface area contributed by atoms with Crippen LogP contribution in [-0.2, 0) is 13.2 Å². The van der Waals surface area contributed by atoms with Gasteiger partial charge in [-0.2, -0.15) is 18.3 Å². The van der Waals surface area contributed by atoms with Gasteiger partial charge >= 0.3 is 6.18 Å². The summed E-state index contributed by atoms with van der Waals surface area (Å²) < 4.78 is 47.9. The van der Waals surface area contributed by atoms with Crippen molar-refractivity contribution in [2.75, 3.05) is 13.1 Å². The third-order valence-electron chi connectivity index (χ3n) is 5.66. The summed E-state index contributed by atoms with van der Waals surface area (Å²) in [5, 5.41) is 7.78. The molecule has 0 aliphatic carbocycles. The first-order valence-corrected chi connectivity index (χ1v) is 10.3. The highest BCUT2D eigenvalue weighted by molar-refractivity contribution is 5.92. The van der Waals surface area contributed by atoms with E-state index in [1.807, 2.05) is 0 Å². The summed E-state index contributed by atoms with van der Waals surface area (Å²) >= 11 is 0. The number of hydrogen-bond acceptors (Lipinski definition) is 6. The van der Waals surface area contributed by atoms with E-state index in [0.717, 1.165) is 10.7 Å². The Kier molecular flexibility index (Phi) is 5.51. The zero-order valence-corrected chi connectivity index (χ0v) is 17.8. The predicted octanol–water partition coefficient (Wildman–Crippen LogP) is 3.48. The van der Waals surface area contributed by atoms with E-state index in [-0.39, 0.29) is 46.2 Å². The molecular weight excluding hydrogens is 427 g/mol. The van der Waals surface area contributed by atoms with Crippen LogP contribution >= 0.6 is 0 Å². The molecule has 0 spiro atoms. The Morgan fingerprint density at radius 1 is 1.28 bits per heavy atom. The van der Waals surface area contributed by atoms with Crippen LogP contribution in [0.2, 0.25) is 0 Å². The van der Waals surface area contributed by atoms with Crippen LogP contribution in [-0.4, -0.2) is 43.8 Å². The molecular formula is C21H22F3N5O3. The van der Waals surface area contributed by atoms with E-state index in [2.05, 4.69) is 15.2 Å². The Morgan fingerprint density at radius 3 is 2.69 bits per heavy atom. The SMILES string of the molecule is CC(C)c1cc(C(F)(F)F)c2c([C@@H]3CCCN(C(=O)c4ccc(=O)n(C)n4)C3)noc2n1. The normalized spacial score (nSPS) is 17.3. The molecule has 4 heterocycles. The number of piperidine rings is 1. The number of alkyl halides is 3. The third-order valence-corrected chi connectivity index (χ3v) is 5.66. The summed E-state index contributed by atoms with van der Waals surface area (Å²) in [6, 6.07) is 3.65. The highest BCUT2D eigenvalue weighted by Crippen LogP contribution is 2.40. The van der Waals surface area contributed by atoms with Gasteiger partial charge in [0.25, 0.3) is 17.2 Å². The lowest BCUT2D eigenvalue weighted by molar-refractivity contribution is -0.136. The summed E-state index contributed by atoms with van der Waals surface area (Å²) in [7, 11) is 1.44. The van der Waals surface area contributed by atoms with E-state index in [1.165, 1.54) is 24.1 Å². The maximum Gasteiger partial charge on any atom is 0.417 e. The van der Waals surface area contributed by atoms with E-state index in [9.17, 15) is 22.8 Å². The first kappa shape index (κ1) is 22.0. The number of halogens is 3. The average Bonchev–Trinajstić information content (AvgIpc) is 3.18. The fraction of sp³-hybridized carbons (Fsp3) is 0.476. The van der Waals surface area contributed by atoms with Crippen molar-refractivity contribution in [3.8, 4) is 0 Å². The van der Waals surface area contributed by atoms with E-state index in [0.29, 0.717) is 19.4 Å². The van der Waals surface area contributed by atoms with E-state index in [1.54, 1.807) is 13.8 Å². The molecule has 3 aromatic heterocycles. The second kappa shape index (κ2) is 8.03. The van der Waals surface area contributed by atoms with Crippen LogP contribution in [0.3, 0.4) is 0 Å². The van der Waals surface area contributed by atoms with Gasteiger partial charge in [-0.15, -0.1) is 0 Å². The number of carbonyl (C=O) groups excluding carboxylic acids is 1. The van der Waals surface area contributed by atoms with Gasteiger partial charge < -0.3 is 9.42 Å². The molecule has 0 radical (unpaired) electrons. The molecule has 0 N–H and O–H groups in total. The molecule has 1 amide bonds. The Bertz CT molecular complexity index is 1230. The molecule has 8 nitrogen and oxygen atoms in total. The number of pyridine rings is 1. The molecule has 11 heteroatoms. The molecule has 170 valence electrons. The average molecular weight is 449 g/mol. The van der Waals surface area contributed by atoms with E-state index < -0.39 is 23.6 Å². The lowest BCUT2D eigenvalue weighted by Gasteiger charge is -2.31. The van der Waals surface area contributed by atoms with Gasteiger partial charge in [0, 0.05) is 37.8 Å². The molecule has 32 heavy (non-hydrogen) atoms. The van der Waals surface area contributed by atoms with Crippen LogP contribution in [0.1, 0.15) is 66.0 Å². The molecule has 4 rings (SSSR count). The number of hydrogen-bond donors (Lipinski definition) is 0. The summed E-state index contributed by atoms with van der Waals surface area (Å²) in [6.45, 7) is 4.10. The second-order valence-corrected chi connectivity index (χ2v) is 8.27. The minimum absolute atomic E-state index is 0.0944. The summed E-state index contributed by atoms with van der Waals surface area (Å²) in [6.07, 6.45) is -3.47. The highest BCUT2D eigenvalue weighted by Gasteiger charge is 2.38. The number of aromatic nitrogens is 4. The number of fused-ring (bicyclic) bond motifs is 1. The summed E-state index contributed by atoms with van der Waals surface area (Å²) in [4.78, 5) is 30.2. The fourth-order valence-corrected chi connectivity index (χ4v) is 3.95. The van der Waals surface area contributed by atoms with Crippen molar-refractivity contribution in [3.05, 3.63) is 51.2 Å². The lowest BCUT2D eigenvalue weighted by Crippen LogP contribution is -2.40. The maximum absolute atomic E-state index is 13.9. The van der Waals surface area contributed by atoms with Gasteiger partial charge in [-0.25, -0.2) is 9.67 Å². The van der Waals surface area contributed by atoms with E-state index >= 15 is 0 Å². The second-order valence-electron chi connectivity index (χ2n) is 8.27. The van der Waals surface area contributed by atoms with Gasteiger partial charge in [0.15, 0.2) is 0 Å². The monoisotopic (exact) mass is 449 g/mol. The number of carbonyl (C=O) groups is 1. The van der Waals surface area contributed by atoms with Crippen LogP contribution in [0.15, 0.2) is 27.5 Å². The number of amides is 1. The minimum Gasteiger partial charge on any atom is -0.337 e. The summed E-state index contributed by atoms with van der Waals surface area (Å²) in [5.74, 6) is -1.06. The van der Waals surface area contributed by atoms with Crippen molar-refractivity contribution in [2.24, 2.45) is 7.05 Å². The lowest BCUT2D eigenvalue weighted by atomic mass is 9.91. The van der Waals surface area contributed by atoms with E-state index in [4.69, 9.17) is 4.52 Å². The van der Waals surface area contributed by atoms with Gasteiger partial charge in [0.2, 0.25) is 0 Å². The molecule has 3 aromatic rings. The smallest absolute Gasteiger partial charge is 0.337 e. The largest absolute Gasteiger partial charge is 0.417 e. The highest BCUT2D eigenvalue weighted by atomic mass is 19.4. The zero-order valence-electron chi connectivity index (χ0n) is 17.8. The molecule has 0 saturated carbocycles. The third kappa shape index (κ3) is 3.98. The molecule has 0 aromatic carbocycles. The zero-order chi connectivity index (χ0) is 23.2. The maximum atomic E-state index is 13.9. The molecule has 1 atom stereocenters. The Morgan fingerprint density at radius 2 is 2.03 bits per heavy atom. The number of likely N-dealkylation sites (tertiary alicyclic amines) is 1. The minimum atomic E-state index is -4.60. The molecule has 1 aliphatic rings. The van der Waals surface area contributed by atoms with Crippen LogP contribution < -0.4 is 5.56 Å². The van der Waals surface area contributed by atoms with Crippen molar-refractivity contribution < 1.29 is 22.5 Å². The quantitative estimate of drug-likeness (QED) is 0.608. The standard InChI is InChI=1S/C21H22F3N5O3/c1-11(2)15-9-13(21(22,23)24)17-18(27-32-19(17)25-15)12-5-4-8-29(10-12)20(31)14-6-7-16(30)28(3)26-14/h6-7,9,11-12H,4-5,8,10H2,1-3H3/t12-/m1/s1. The van der Waals surface area contributed by atoms with Crippen LogP contribution in [0.25, 0.3) is 11.1 Å². The first-order chi connectivity index (χ1) is 15.1. The summed E-state index contributed by atoms with van der Waals surface area (Å²) in [5.41, 5.74) is -0.806. The Labute approximate surface area is 181 Å². The van der Waals surface area contributed by atoms with Crippen molar-refractivity contribution in [1.29, 1.82) is 0 Å². The van der Waals surface area contributed by atoms with Crippen molar-refractivity contribution in [2.45, 2.75) is 44.7 Å². The molecule has 0 unspecified atom stereocenters. The van der Waals surface area contributed by atoms with Crippen molar-refractivity contribution in [1.82, 2.24) is 24.8 Å². The van der Waals surface area contributed by atoms with Gasteiger partial charge in [-0.05, 0) is 30.9 Å². The number of nitrogens with zero attached hydrogens (tertiary/aromatic N) is 5. The Hall–Kier alpha value is -3.24. The molecule has 1 fully saturated rings. The van der Waals surface area contributed by atoms with Crippen LogP contribution in [0.5, 0.6) is 0 Å². The van der Waals surface area contributed by atoms with Crippen LogP contribution in [0, 0.1) is 0 Å². The van der Waals surface area contributed by atoms with Crippen LogP contribution in [0.4, 0.5) is 13.2 Å². The molecule has 1 saturated heterocycles. The number of aryl methyl sites for hydroxylation is 1. The molecule has 1 aliphatic heterocycles. The van der Waals surface area contributed by atoms with Gasteiger partial charge in [-0.1, -0.05) is 19.0 Å².